The number of nitrogens with two attached hydrogens (primary N) is 1. The van der Waals surface area contributed by atoms with Crippen LogP contribution in [0.15, 0.2) is 35.8 Å². The molecule has 0 saturated carbocycles. The highest BCUT2D eigenvalue weighted by molar-refractivity contribution is 6.41. The van der Waals surface area contributed by atoms with Crippen LogP contribution in [-0.4, -0.2) is 63.5 Å². The van der Waals surface area contributed by atoms with E-state index in [9.17, 15) is 14.4 Å². The quantitative estimate of drug-likeness (QED) is 0.150. The number of fused-ring (bicyclic) bond motifs is 2. The van der Waals surface area contributed by atoms with Crippen LogP contribution in [0.1, 0.15) is 37.9 Å². The van der Waals surface area contributed by atoms with Gasteiger partial charge in [0, 0.05) is 37.0 Å². The number of nitrogen functional groups attached to an aromatic ring is 1. The zero-order valence-corrected chi connectivity index (χ0v) is 28.8. The molecule has 2 N–H and O–H groups in total. The Labute approximate surface area is 289 Å². The van der Waals surface area contributed by atoms with Gasteiger partial charge >= 0.3 is 5.69 Å². The van der Waals surface area contributed by atoms with Crippen molar-refractivity contribution in [3.05, 3.63) is 79.4 Å². The van der Waals surface area contributed by atoms with E-state index in [1.807, 2.05) is 13.8 Å². The molecule has 6 rings (SSSR count). The molecule has 0 spiro atoms. The van der Waals surface area contributed by atoms with E-state index in [0.29, 0.717) is 11.3 Å². The van der Waals surface area contributed by atoms with Gasteiger partial charge in [-0.3, -0.25) is 19.1 Å². The molecule has 2 amide bonds. The summed E-state index contributed by atoms with van der Waals surface area (Å²) in [5.74, 6) is -3.43. The number of hydrogen-bond acceptors (Lipinski definition) is 7. The van der Waals surface area contributed by atoms with E-state index >= 15 is 8.78 Å². The molecule has 2 unspecified atom stereocenters. The van der Waals surface area contributed by atoms with E-state index in [0.717, 1.165) is 16.7 Å². The van der Waals surface area contributed by atoms with Gasteiger partial charge in [-0.2, -0.15) is 4.98 Å². The normalized spacial score (nSPS) is 17.6. The Kier molecular flexibility index (Phi) is 8.42. The fourth-order valence-corrected chi connectivity index (χ4v) is 7.59. The molecular formula is C33H30Cl3F2N7O3. The summed E-state index contributed by atoms with van der Waals surface area (Å²) >= 11 is 19.5. The van der Waals surface area contributed by atoms with E-state index in [4.69, 9.17) is 40.5 Å². The lowest BCUT2D eigenvalue weighted by molar-refractivity contribution is -0.129. The van der Waals surface area contributed by atoms with Crippen molar-refractivity contribution in [2.75, 3.05) is 35.7 Å². The number of benzene rings is 2. The molecule has 2 aliphatic rings. The molecule has 2 aliphatic heterocycles. The summed E-state index contributed by atoms with van der Waals surface area (Å²) in [5.41, 5.74) is 4.79. The Morgan fingerprint density at radius 2 is 1.79 bits per heavy atom. The monoisotopic (exact) mass is 715 g/mol. The summed E-state index contributed by atoms with van der Waals surface area (Å²) in [6.45, 7) is 10.9. The molecule has 2 aromatic heterocycles. The minimum atomic E-state index is -1.13. The zero-order chi connectivity index (χ0) is 35.1. The Balaban J connectivity index is 1.86. The summed E-state index contributed by atoms with van der Waals surface area (Å²) in [7, 11) is 1.42. The second-order valence-corrected chi connectivity index (χ2v) is 13.4. The predicted molar refractivity (Wildman–Crippen MR) is 185 cm³/mol. The second-order valence-electron chi connectivity index (χ2n) is 12.2. The van der Waals surface area contributed by atoms with Crippen molar-refractivity contribution in [1.82, 2.24) is 19.4 Å². The average molecular weight is 717 g/mol. The van der Waals surface area contributed by atoms with Gasteiger partial charge < -0.3 is 20.4 Å². The number of nitrogens with zero attached hydrogens (tertiary/aromatic N) is 6. The maximum absolute atomic E-state index is 17.7. The highest BCUT2D eigenvalue weighted by Gasteiger charge is 2.46. The minimum absolute atomic E-state index is 0.0135. The smallest absolute Gasteiger partial charge is 0.354 e. The number of rotatable bonds is 4. The van der Waals surface area contributed by atoms with Crippen LogP contribution in [0.3, 0.4) is 0 Å². The lowest BCUT2D eigenvalue weighted by Crippen LogP contribution is -2.63. The summed E-state index contributed by atoms with van der Waals surface area (Å²) in [6.07, 6.45) is 2.73. The fourth-order valence-electron chi connectivity index (χ4n) is 6.73. The van der Waals surface area contributed by atoms with Gasteiger partial charge in [-0.15, -0.1) is 0 Å². The van der Waals surface area contributed by atoms with Crippen LogP contribution < -0.4 is 21.2 Å². The first-order valence-electron chi connectivity index (χ1n) is 15.0. The van der Waals surface area contributed by atoms with Crippen molar-refractivity contribution < 1.29 is 18.4 Å². The van der Waals surface area contributed by atoms with Crippen molar-refractivity contribution in [2.24, 2.45) is 0 Å². The molecule has 0 bridgehead atoms. The Hall–Kier alpha value is -4.26. The number of piperazine rings is 1. The number of carbonyl (C=O) groups is 2. The lowest BCUT2D eigenvalue weighted by atomic mass is 9.97. The van der Waals surface area contributed by atoms with Gasteiger partial charge in [0.15, 0.2) is 11.6 Å². The van der Waals surface area contributed by atoms with Crippen LogP contribution in [-0.2, 0) is 9.59 Å². The van der Waals surface area contributed by atoms with Gasteiger partial charge in [0.25, 0.3) is 5.91 Å². The maximum Gasteiger partial charge on any atom is 0.354 e. The highest BCUT2D eigenvalue weighted by atomic mass is 35.5. The van der Waals surface area contributed by atoms with Crippen molar-refractivity contribution >= 4 is 74.7 Å². The van der Waals surface area contributed by atoms with Crippen LogP contribution in [0.2, 0.25) is 15.1 Å². The van der Waals surface area contributed by atoms with Crippen LogP contribution in [0.25, 0.3) is 27.7 Å². The number of likely N-dealkylation sites (N-methyl/N-ethyl adjacent to an activating group) is 1. The van der Waals surface area contributed by atoms with Gasteiger partial charge in [0.1, 0.15) is 17.4 Å². The van der Waals surface area contributed by atoms with E-state index in [-0.39, 0.29) is 57.8 Å². The molecule has 4 heterocycles. The summed E-state index contributed by atoms with van der Waals surface area (Å²) in [5, 5.41) is -1.00. The van der Waals surface area contributed by atoms with Gasteiger partial charge in [0.2, 0.25) is 5.91 Å². The third kappa shape index (κ3) is 4.83. The fraction of sp³-hybridized carbons (Fsp3) is 0.303. The van der Waals surface area contributed by atoms with E-state index in [2.05, 4.69) is 16.5 Å². The van der Waals surface area contributed by atoms with Gasteiger partial charge in [-0.05, 0) is 43.5 Å². The van der Waals surface area contributed by atoms with Crippen molar-refractivity contribution in [1.29, 1.82) is 0 Å². The third-order valence-electron chi connectivity index (χ3n) is 8.92. The molecule has 250 valence electrons. The van der Waals surface area contributed by atoms with Crippen LogP contribution >= 0.6 is 34.8 Å². The molecule has 15 heteroatoms. The molecule has 2 aromatic carbocycles. The Morgan fingerprint density at radius 1 is 1.10 bits per heavy atom. The Morgan fingerprint density at radius 3 is 2.44 bits per heavy atom. The number of amides is 2. The molecule has 10 nitrogen and oxygen atoms in total. The van der Waals surface area contributed by atoms with E-state index < -0.39 is 62.4 Å². The largest absolute Gasteiger partial charge is 0.397 e. The number of pyridine rings is 1. The number of aromatic nitrogens is 3. The third-order valence-corrected chi connectivity index (χ3v) is 9.88. The number of anilines is 3. The van der Waals surface area contributed by atoms with Gasteiger partial charge in [-0.25, -0.2) is 13.6 Å². The maximum atomic E-state index is 17.7. The van der Waals surface area contributed by atoms with E-state index in [1.165, 1.54) is 16.8 Å². The molecular weight excluding hydrogens is 687 g/mol. The molecule has 4 aromatic rings. The summed E-state index contributed by atoms with van der Waals surface area (Å²) < 4.78 is 34.7. The highest BCUT2D eigenvalue weighted by Crippen LogP contribution is 2.52. The van der Waals surface area contributed by atoms with Crippen LogP contribution in [0.5, 0.6) is 0 Å². The number of hydrogen-bond donors (Lipinski definition) is 1. The minimum Gasteiger partial charge on any atom is -0.397 e. The standard InChI is InChI=1S/C33H30Cl3F2N7O3/c1-7-19(46)43-11-15(5)44-18(12-43)32(47)42(6)29-22-30(25(38)20(23(29)36)21-24(37)16(34)10-17(35)26(21)39)45(33(48)41-31(22)44)28-14(4)8-9-40-27(28)13(2)3/h7-10,13,15,18H,1,11-12,39H2,2-6H3. The summed E-state index contributed by atoms with van der Waals surface area (Å²) in [4.78, 5) is 54.7. The molecule has 0 radical (unpaired) electrons. The lowest BCUT2D eigenvalue weighted by Gasteiger charge is -2.45. The van der Waals surface area contributed by atoms with E-state index in [1.54, 1.807) is 31.0 Å². The van der Waals surface area contributed by atoms with Crippen molar-refractivity contribution in [3.8, 4) is 16.8 Å². The SMILES string of the molecule is C=CC(=O)N1CC(C)N2c3nc(=O)n(-c4c(C)ccnc4C(C)C)c4c(F)c(-c5c(N)c(Cl)cc(Cl)c5F)c(Cl)c(c34)N(C)C(=O)C2C1. The number of aryl methyl sites for hydroxylation is 1. The zero-order valence-electron chi connectivity index (χ0n) is 26.5. The van der Waals surface area contributed by atoms with Crippen LogP contribution in [0, 0.1) is 18.6 Å². The van der Waals surface area contributed by atoms with Crippen molar-refractivity contribution in [3.63, 3.8) is 0 Å². The first kappa shape index (κ1) is 33.6. The average Bonchev–Trinajstić information content (AvgIpc) is 3.12. The van der Waals surface area contributed by atoms with Crippen molar-refractivity contribution in [2.45, 2.75) is 45.7 Å². The first-order chi connectivity index (χ1) is 22.6. The summed E-state index contributed by atoms with van der Waals surface area (Å²) in [6, 6.07) is 1.11. The second kappa shape index (κ2) is 12.0. The van der Waals surface area contributed by atoms with Gasteiger partial charge in [-0.1, -0.05) is 55.2 Å². The van der Waals surface area contributed by atoms with Crippen LogP contribution in [0.4, 0.5) is 26.0 Å². The first-order valence-corrected chi connectivity index (χ1v) is 16.1. The molecule has 48 heavy (non-hydrogen) atoms. The molecule has 1 fully saturated rings. The molecule has 1 saturated heterocycles. The number of halogens is 5. The molecule has 2 atom stereocenters. The predicted octanol–water partition coefficient (Wildman–Crippen LogP) is 6.27. The molecule has 0 aliphatic carbocycles. The van der Waals surface area contributed by atoms with Gasteiger partial charge in [0.05, 0.1) is 49.8 Å². The topological polar surface area (TPSA) is 118 Å². The Bertz CT molecular complexity index is 2130. The number of carbonyl (C=O) groups excluding carboxylic acids is 2.